The van der Waals surface area contributed by atoms with Crippen molar-refractivity contribution in [1.29, 1.82) is 0 Å². The van der Waals surface area contributed by atoms with Crippen LogP contribution in [0, 0.1) is 46.8 Å². The number of rotatable bonds is 19. The Morgan fingerprint density at radius 3 is 2.22 bits per heavy atom. The summed E-state index contributed by atoms with van der Waals surface area (Å²) in [5.41, 5.74) is 1.75. The monoisotopic (exact) mass is 752 g/mol. The van der Waals surface area contributed by atoms with E-state index >= 15 is 0 Å². The molecule has 8 atom stereocenters. The van der Waals surface area contributed by atoms with Gasteiger partial charge >= 0.3 is 6.09 Å². The highest BCUT2D eigenvalue weighted by Crippen LogP contribution is 2.61. The number of carbonyl (C=O) groups is 1. The van der Waals surface area contributed by atoms with Crippen LogP contribution in [0.3, 0.4) is 0 Å². The Bertz CT molecular complexity index is 1430. The fraction of sp³-hybridized carbons (Fsp3) is 0.844. The van der Waals surface area contributed by atoms with Gasteiger partial charge in [-0.15, -0.1) is 0 Å². The van der Waals surface area contributed by atoms with Crippen molar-refractivity contribution in [2.24, 2.45) is 46.8 Å². The van der Waals surface area contributed by atoms with E-state index in [4.69, 9.17) is 4.74 Å². The van der Waals surface area contributed by atoms with E-state index in [1.165, 1.54) is 69.8 Å². The van der Waals surface area contributed by atoms with Crippen molar-refractivity contribution in [3.8, 4) is 0 Å². The second kappa shape index (κ2) is 19.7. The minimum Gasteiger partial charge on any atom is -0.446 e. The molecule has 54 heavy (non-hydrogen) atoms. The maximum absolute atomic E-state index is 13.0. The number of allylic oxidation sites excluding steroid dienone is 1. The van der Waals surface area contributed by atoms with Crippen molar-refractivity contribution in [2.45, 2.75) is 130 Å². The van der Waals surface area contributed by atoms with Gasteiger partial charge < -0.3 is 30.1 Å². The predicted octanol–water partition coefficient (Wildman–Crippen LogP) is 7.93. The number of nitrogens with one attached hydrogen (secondary N) is 2. The lowest BCUT2D eigenvalue weighted by Crippen LogP contribution is -2.46. The number of nitrogens with zero attached hydrogens (tertiary/aromatic N) is 3. The summed E-state index contributed by atoms with van der Waals surface area (Å²) >= 11 is 0. The van der Waals surface area contributed by atoms with Crippen LogP contribution in [0.2, 0.25) is 0 Å². The zero-order valence-electron chi connectivity index (χ0n) is 35.5. The van der Waals surface area contributed by atoms with E-state index in [2.05, 4.69) is 59.1 Å². The molecule has 9 nitrogen and oxygen atoms in total. The maximum atomic E-state index is 13.0. The van der Waals surface area contributed by atoms with Crippen LogP contribution in [-0.4, -0.2) is 89.5 Å². The highest BCUT2D eigenvalue weighted by atomic mass is 16.6. The Morgan fingerprint density at radius 2 is 1.54 bits per heavy atom. The van der Waals surface area contributed by atoms with Gasteiger partial charge in [-0.3, -0.25) is 9.59 Å². The Hall–Kier alpha value is -2.39. The lowest BCUT2D eigenvalue weighted by molar-refractivity contribution is 0.00203. The van der Waals surface area contributed by atoms with Crippen LogP contribution < -0.4 is 26.4 Å². The Balaban J connectivity index is 1.11. The van der Waals surface area contributed by atoms with Gasteiger partial charge in [-0.05, 0) is 146 Å². The van der Waals surface area contributed by atoms with Gasteiger partial charge in [-0.1, -0.05) is 71.4 Å². The van der Waals surface area contributed by atoms with Gasteiger partial charge in [0.25, 0.3) is 10.9 Å². The van der Waals surface area contributed by atoms with Crippen LogP contribution in [-0.2, 0) is 4.74 Å². The predicted molar refractivity (Wildman–Crippen MR) is 224 cm³/mol. The van der Waals surface area contributed by atoms with E-state index in [-0.39, 0.29) is 11.5 Å². The van der Waals surface area contributed by atoms with Crippen molar-refractivity contribution < 1.29 is 9.53 Å². The maximum Gasteiger partial charge on any atom is 0.407 e. The number of alkyl carbamates (subject to hydrolysis) is 1. The zero-order chi connectivity index (χ0) is 39.0. The van der Waals surface area contributed by atoms with E-state index < -0.39 is 17.0 Å². The molecule has 0 heterocycles. The average Bonchev–Trinajstić information content (AvgIpc) is 3.52. The molecule has 3 fully saturated rings. The molecule has 4 aliphatic carbocycles. The van der Waals surface area contributed by atoms with Crippen molar-refractivity contribution in [2.75, 3.05) is 77.7 Å². The number of anilines is 2. The van der Waals surface area contributed by atoms with Gasteiger partial charge in [0.15, 0.2) is 0 Å². The first-order valence-corrected chi connectivity index (χ1v) is 22.1. The third-order valence-corrected chi connectivity index (χ3v) is 14.3. The van der Waals surface area contributed by atoms with Gasteiger partial charge in [0, 0.05) is 32.6 Å². The molecule has 1 aromatic carbocycles. The van der Waals surface area contributed by atoms with E-state index in [0.717, 1.165) is 86.6 Å². The SMILES string of the molecule is CC(C)CCC[C@@H](C)[C@H]1CC[C@@H]2[C@H]1CCCC[C@H]1[C@H]2CC=C2C[C@@H](OC(=O)NCCNc3c(N(CCCN(C)C)CCCN(C)C)c(=O)c3=O)CC[C@@]21C. The summed E-state index contributed by atoms with van der Waals surface area (Å²) in [5, 5.41) is 6.08. The third kappa shape index (κ3) is 10.5. The van der Waals surface area contributed by atoms with Crippen molar-refractivity contribution >= 4 is 17.5 Å². The third-order valence-electron chi connectivity index (χ3n) is 14.3. The molecule has 1 amide bonds. The van der Waals surface area contributed by atoms with Crippen molar-refractivity contribution in [3.05, 3.63) is 32.1 Å². The van der Waals surface area contributed by atoms with Gasteiger partial charge in [-0.2, -0.15) is 0 Å². The van der Waals surface area contributed by atoms with Crippen LogP contribution in [0.4, 0.5) is 16.2 Å². The Morgan fingerprint density at radius 1 is 0.833 bits per heavy atom. The zero-order valence-corrected chi connectivity index (χ0v) is 35.5. The summed E-state index contributed by atoms with van der Waals surface area (Å²) in [6.45, 7) is 13.8. The molecule has 0 aliphatic heterocycles. The molecule has 0 aromatic heterocycles. The summed E-state index contributed by atoms with van der Waals surface area (Å²) in [4.78, 5) is 44.7. The van der Waals surface area contributed by atoms with E-state index in [9.17, 15) is 14.4 Å². The largest absolute Gasteiger partial charge is 0.446 e. The van der Waals surface area contributed by atoms with Crippen LogP contribution in [0.15, 0.2) is 21.2 Å². The van der Waals surface area contributed by atoms with Crippen LogP contribution in [0.1, 0.15) is 124 Å². The minimum absolute atomic E-state index is 0.101. The fourth-order valence-corrected chi connectivity index (χ4v) is 11.4. The summed E-state index contributed by atoms with van der Waals surface area (Å²) in [6.07, 6.45) is 20.5. The topological polar surface area (TPSA) is 94.2 Å². The van der Waals surface area contributed by atoms with E-state index in [1.54, 1.807) is 0 Å². The first-order valence-electron chi connectivity index (χ1n) is 22.1. The molecule has 9 heteroatoms. The molecule has 2 N–H and O–H groups in total. The first-order chi connectivity index (χ1) is 25.8. The fourth-order valence-electron chi connectivity index (χ4n) is 11.4. The minimum atomic E-state index is -0.467. The highest BCUT2D eigenvalue weighted by molar-refractivity contribution is 5.75. The molecule has 0 spiro atoms. The van der Waals surface area contributed by atoms with Gasteiger partial charge in [0.2, 0.25) is 0 Å². The number of hydrogen-bond donors (Lipinski definition) is 2. The number of hydrogen-bond acceptors (Lipinski definition) is 8. The first kappa shape index (κ1) is 42.7. The number of ether oxygens (including phenoxy) is 1. The lowest BCUT2D eigenvalue weighted by Gasteiger charge is -2.53. The van der Waals surface area contributed by atoms with Crippen LogP contribution >= 0.6 is 0 Å². The van der Waals surface area contributed by atoms with Gasteiger partial charge in [-0.25, -0.2) is 4.79 Å². The van der Waals surface area contributed by atoms with Crippen LogP contribution in [0.25, 0.3) is 0 Å². The molecule has 5 rings (SSSR count). The molecule has 0 unspecified atom stereocenters. The smallest absolute Gasteiger partial charge is 0.407 e. The molecule has 0 saturated heterocycles. The quantitative estimate of drug-likeness (QED) is 0.0837. The molecular weight excluding hydrogens is 675 g/mol. The summed E-state index contributed by atoms with van der Waals surface area (Å²) in [6, 6.07) is 0. The molecule has 3 saturated carbocycles. The lowest BCUT2D eigenvalue weighted by atomic mass is 9.52. The molecule has 4 aliphatic rings. The average molecular weight is 752 g/mol. The second-order valence-corrected chi connectivity index (χ2v) is 19.1. The van der Waals surface area contributed by atoms with E-state index in [1.807, 2.05) is 28.2 Å². The second-order valence-electron chi connectivity index (χ2n) is 19.1. The molecule has 0 bridgehead atoms. The van der Waals surface area contributed by atoms with E-state index in [0.29, 0.717) is 37.6 Å². The highest BCUT2D eigenvalue weighted by Gasteiger charge is 2.52. The molecular formula is C45H77N5O4. The summed E-state index contributed by atoms with van der Waals surface area (Å²) in [7, 11) is 8.16. The molecule has 0 radical (unpaired) electrons. The number of fused-ring (bicyclic) bond motifs is 5. The Kier molecular flexibility index (Phi) is 15.6. The van der Waals surface area contributed by atoms with Gasteiger partial charge in [0.05, 0.1) is 0 Å². The normalized spacial score (nSPS) is 28.9. The van der Waals surface area contributed by atoms with Gasteiger partial charge in [0.1, 0.15) is 17.5 Å². The molecule has 306 valence electrons. The molecule has 1 aromatic rings. The van der Waals surface area contributed by atoms with Crippen molar-refractivity contribution in [3.63, 3.8) is 0 Å². The number of carbonyl (C=O) groups excluding carboxylic acids is 1. The van der Waals surface area contributed by atoms with Crippen molar-refractivity contribution in [1.82, 2.24) is 15.1 Å². The summed E-state index contributed by atoms with van der Waals surface area (Å²) in [5.74, 6) is 5.93. The summed E-state index contributed by atoms with van der Waals surface area (Å²) < 4.78 is 6.03. The Labute approximate surface area is 328 Å². The standard InChI is InChI=1S/C45H77N5O4/c1-31(2)14-11-15-32(3)35-20-21-37-36(35)16-9-10-17-39-38(37)19-18-33-30-34(22-23-45(33,39)4)54-44(53)47-25-24-46-40-41(43(52)42(40)51)50(28-12-26-48(5)6)29-13-27-49(7)8/h18,31-32,34-39,46H,9-17,19-30H2,1-8H3,(H,47,53)/t32-,34+,35-,36+,37-,38+,39+,45+/m1/s1. The van der Waals surface area contributed by atoms with Crippen LogP contribution in [0.5, 0.6) is 0 Å². The number of amides is 1.